The minimum Gasteiger partial charge on any atom is -0.398 e. The van der Waals surface area contributed by atoms with Gasteiger partial charge in [-0.15, -0.1) is 0 Å². The summed E-state index contributed by atoms with van der Waals surface area (Å²) in [6.45, 7) is 0. The molecular formula is C13H6Cl4F3N. The average Bonchev–Trinajstić information content (AvgIpc) is 2.37. The SMILES string of the molecule is Nc1cc(C(F)(F)F)ccc1-c1c(Cl)c(Cl)cc(Cl)c1Cl. The van der Waals surface area contributed by atoms with E-state index in [1.807, 2.05) is 0 Å². The normalized spacial score (nSPS) is 11.8. The largest absolute Gasteiger partial charge is 0.416 e. The summed E-state index contributed by atoms with van der Waals surface area (Å²) in [7, 11) is 0. The molecule has 0 heterocycles. The number of nitrogens with two attached hydrogens (primary N) is 1. The summed E-state index contributed by atoms with van der Waals surface area (Å²) >= 11 is 23.9. The van der Waals surface area contributed by atoms with E-state index in [0.29, 0.717) is 0 Å². The van der Waals surface area contributed by atoms with Crippen LogP contribution in [0.1, 0.15) is 5.56 Å². The summed E-state index contributed by atoms with van der Waals surface area (Å²) in [4.78, 5) is 0. The molecule has 0 aliphatic carbocycles. The van der Waals surface area contributed by atoms with E-state index < -0.39 is 11.7 Å². The van der Waals surface area contributed by atoms with Gasteiger partial charge in [0.1, 0.15) is 0 Å². The molecule has 2 aromatic carbocycles. The van der Waals surface area contributed by atoms with Crippen molar-refractivity contribution in [3.8, 4) is 11.1 Å². The van der Waals surface area contributed by atoms with Gasteiger partial charge in [0.05, 0.1) is 25.7 Å². The van der Waals surface area contributed by atoms with Crippen LogP contribution in [0.3, 0.4) is 0 Å². The minimum absolute atomic E-state index is 0.0672. The highest BCUT2D eigenvalue weighted by molar-refractivity contribution is 6.50. The molecule has 21 heavy (non-hydrogen) atoms. The van der Waals surface area contributed by atoms with Gasteiger partial charge in [-0.1, -0.05) is 52.5 Å². The smallest absolute Gasteiger partial charge is 0.398 e. The zero-order chi connectivity index (χ0) is 15.9. The average molecular weight is 375 g/mol. The number of benzene rings is 2. The van der Waals surface area contributed by atoms with E-state index in [0.717, 1.165) is 12.1 Å². The Balaban J connectivity index is 2.69. The zero-order valence-corrected chi connectivity index (χ0v) is 13.1. The maximum absolute atomic E-state index is 12.6. The van der Waals surface area contributed by atoms with E-state index >= 15 is 0 Å². The number of nitrogen functional groups attached to an aromatic ring is 1. The van der Waals surface area contributed by atoms with Gasteiger partial charge in [-0.25, -0.2) is 0 Å². The predicted octanol–water partition coefficient (Wildman–Crippen LogP) is 6.57. The monoisotopic (exact) mass is 373 g/mol. The Bertz CT molecular complexity index is 687. The molecule has 2 aromatic rings. The van der Waals surface area contributed by atoms with Crippen molar-refractivity contribution in [2.45, 2.75) is 6.18 Å². The van der Waals surface area contributed by atoms with Crippen LogP contribution in [0.2, 0.25) is 20.1 Å². The summed E-state index contributed by atoms with van der Waals surface area (Å²) in [6.07, 6.45) is -4.49. The van der Waals surface area contributed by atoms with Crippen LogP contribution in [-0.4, -0.2) is 0 Å². The fourth-order valence-electron chi connectivity index (χ4n) is 1.78. The van der Waals surface area contributed by atoms with Gasteiger partial charge in [-0.2, -0.15) is 13.2 Å². The highest BCUT2D eigenvalue weighted by Crippen LogP contribution is 2.45. The van der Waals surface area contributed by atoms with Gasteiger partial charge in [0.25, 0.3) is 0 Å². The lowest BCUT2D eigenvalue weighted by molar-refractivity contribution is -0.137. The second kappa shape index (κ2) is 5.76. The molecular weight excluding hydrogens is 369 g/mol. The van der Waals surface area contributed by atoms with Crippen LogP contribution >= 0.6 is 46.4 Å². The lowest BCUT2D eigenvalue weighted by Crippen LogP contribution is -2.06. The van der Waals surface area contributed by atoms with Crippen LogP contribution in [0.15, 0.2) is 24.3 Å². The molecule has 0 atom stereocenters. The Kier molecular flexibility index (Phi) is 4.54. The first kappa shape index (κ1) is 16.6. The standard InChI is InChI=1S/C13H6Cl4F3N/c14-7-4-8(15)12(17)10(11(7)16)6-2-1-5(3-9(6)21)13(18,19)20/h1-4H,21H2. The zero-order valence-electron chi connectivity index (χ0n) is 10.0. The molecule has 0 bridgehead atoms. The van der Waals surface area contributed by atoms with Crippen LogP contribution < -0.4 is 5.73 Å². The van der Waals surface area contributed by atoms with E-state index in [2.05, 4.69) is 0 Å². The number of hydrogen-bond donors (Lipinski definition) is 1. The summed E-state index contributed by atoms with van der Waals surface area (Å²) in [5.41, 5.74) is 5.10. The lowest BCUT2D eigenvalue weighted by atomic mass is 10.0. The summed E-state index contributed by atoms with van der Waals surface area (Å²) in [5.74, 6) is 0. The first-order chi connectivity index (χ1) is 9.62. The third-order valence-electron chi connectivity index (χ3n) is 2.76. The van der Waals surface area contributed by atoms with E-state index in [1.54, 1.807) is 0 Å². The van der Waals surface area contributed by atoms with Crippen LogP contribution in [0, 0.1) is 0 Å². The molecule has 0 fully saturated rings. The predicted molar refractivity (Wildman–Crippen MR) is 81.3 cm³/mol. The topological polar surface area (TPSA) is 26.0 Å². The molecule has 2 N–H and O–H groups in total. The molecule has 0 saturated carbocycles. The minimum atomic E-state index is -4.49. The maximum Gasteiger partial charge on any atom is 0.416 e. The highest BCUT2D eigenvalue weighted by atomic mass is 35.5. The quantitative estimate of drug-likeness (QED) is 0.443. The second-order valence-corrected chi connectivity index (χ2v) is 5.71. The first-order valence-electron chi connectivity index (χ1n) is 5.43. The molecule has 0 radical (unpaired) electrons. The van der Waals surface area contributed by atoms with Crippen molar-refractivity contribution in [3.05, 3.63) is 49.9 Å². The van der Waals surface area contributed by atoms with E-state index in [9.17, 15) is 13.2 Å². The third-order valence-corrected chi connectivity index (χ3v) is 4.33. The number of hydrogen-bond acceptors (Lipinski definition) is 1. The molecule has 0 unspecified atom stereocenters. The Labute approximate surface area is 138 Å². The van der Waals surface area contributed by atoms with Crippen LogP contribution in [0.5, 0.6) is 0 Å². The molecule has 0 aromatic heterocycles. The summed E-state index contributed by atoms with van der Waals surface area (Å²) < 4.78 is 37.9. The van der Waals surface area contributed by atoms with Crippen molar-refractivity contribution in [1.82, 2.24) is 0 Å². The lowest BCUT2D eigenvalue weighted by Gasteiger charge is -2.14. The highest BCUT2D eigenvalue weighted by Gasteiger charge is 2.31. The van der Waals surface area contributed by atoms with Gasteiger partial charge >= 0.3 is 6.18 Å². The molecule has 0 amide bonds. The summed E-state index contributed by atoms with van der Waals surface area (Å²) in [5, 5.41) is 0.385. The van der Waals surface area contributed by atoms with E-state index in [4.69, 9.17) is 52.1 Å². The van der Waals surface area contributed by atoms with Gasteiger partial charge in [0.2, 0.25) is 0 Å². The maximum atomic E-state index is 12.6. The molecule has 8 heteroatoms. The van der Waals surface area contributed by atoms with Crippen molar-refractivity contribution < 1.29 is 13.2 Å². The van der Waals surface area contributed by atoms with Crippen LogP contribution in [-0.2, 0) is 6.18 Å². The van der Waals surface area contributed by atoms with Gasteiger partial charge in [0.15, 0.2) is 0 Å². The number of halogens is 7. The number of rotatable bonds is 1. The van der Waals surface area contributed by atoms with Gasteiger partial charge in [-0.05, 0) is 18.2 Å². The molecule has 0 saturated heterocycles. The van der Waals surface area contributed by atoms with Gasteiger partial charge < -0.3 is 5.73 Å². The fraction of sp³-hybridized carbons (Fsp3) is 0.0769. The first-order valence-corrected chi connectivity index (χ1v) is 6.94. The third kappa shape index (κ3) is 3.19. The van der Waals surface area contributed by atoms with Crippen molar-refractivity contribution in [1.29, 1.82) is 0 Å². The van der Waals surface area contributed by atoms with E-state index in [-0.39, 0.29) is 36.9 Å². The molecule has 2 rings (SSSR count). The Hall–Kier alpha value is -0.810. The Morgan fingerprint density at radius 1 is 0.857 bits per heavy atom. The molecule has 0 aliphatic heterocycles. The van der Waals surface area contributed by atoms with Crippen LogP contribution in [0.4, 0.5) is 18.9 Å². The van der Waals surface area contributed by atoms with Gasteiger partial charge in [-0.3, -0.25) is 0 Å². The van der Waals surface area contributed by atoms with Crippen LogP contribution in [0.25, 0.3) is 11.1 Å². The number of alkyl halides is 3. The van der Waals surface area contributed by atoms with Crippen molar-refractivity contribution in [2.24, 2.45) is 0 Å². The molecule has 112 valence electrons. The Morgan fingerprint density at radius 3 is 1.81 bits per heavy atom. The van der Waals surface area contributed by atoms with Gasteiger partial charge in [0, 0.05) is 16.8 Å². The number of anilines is 1. The molecule has 0 spiro atoms. The molecule has 0 aliphatic rings. The van der Waals surface area contributed by atoms with Crippen molar-refractivity contribution in [2.75, 3.05) is 5.73 Å². The Morgan fingerprint density at radius 2 is 1.38 bits per heavy atom. The fourth-order valence-corrected chi connectivity index (χ4v) is 2.79. The van der Waals surface area contributed by atoms with Crippen molar-refractivity contribution in [3.63, 3.8) is 0 Å². The summed E-state index contributed by atoms with van der Waals surface area (Å²) in [6, 6.07) is 4.21. The van der Waals surface area contributed by atoms with Crippen molar-refractivity contribution >= 4 is 52.1 Å². The second-order valence-electron chi connectivity index (χ2n) is 4.14. The molecule has 1 nitrogen and oxygen atoms in total. The van der Waals surface area contributed by atoms with E-state index in [1.165, 1.54) is 12.1 Å².